The van der Waals surface area contributed by atoms with Crippen LogP contribution in [-0.2, 0) is 0 Å². The van der Waals surface area contributed by atoms with E-state index in [1.165, 1.54) is 63.7 Å². The Morgan fingerprint density at radius 2 is 1.68 bits per heavy atom. The minimum atomic E-state index is 0.0486. The zero-order valence-corrected chi connectivity index (χ0v) is 13.9. The number of nitrogens with zero attached hydrogens (tertiary/aromatic N) is 1. The molecule has 3 nitrogen and oxygen atoms in total. The first-order valence-corrected chi connectivity index (χ1v) is 8.83. The molecule has 122 valence electrons. The van der Waals surface area contributed by atoms with Crippen LogP contribution in [0.5, 0.6) is 0 Å². The van der Waals surface area contributed by atoms with Crippen molar-refractivity contribution in [1.29, 1.82) is 0 Å². The van der Waals surface area contributed by atoms with Crippen LogP contribution in [0.1, 0.15) is 60.9 Å². The lowest BCUT2D eigenvalue weighted by atomic mass is 10.1. The zero-order valence-electron chi connectivity index (χ0n) is 13.9. The molecule has 1 amide bonds. The number of likely N-dealkylation sites (tertiary alicyclic amines) is 1. The molecule has 22 heavy (non-hydrogen) atoms. The van der Waals surface area contributed by atoms with Crippen LogP contribution >= 0.6 is 0 Å². The Balaban J connectivity index is 1.53. The maximum Gasteiger partial charge on any atom is 0.251 e. The summed E-state index contributed by atoms with van der Waals surface area (Å²) in [5.74, 6) is 0.0486. The summed E-state index contributed by atoms with van der Waals surface area (Å²) < 4.78 is 0. The van der Waals surface area contributed by atoms with E-state index in [1.54, 1.807) is 0 Å². The molecule has 0 spiro atoms. The second-order valence-electron chi connectivity index (χ2n) is 6.44. The first-order valence-electron chi connectivity index (χ1n) is 8.83. The number of amides is 1. The predicted octanol–water partition coefficient (Wildman–Crippen LogP) is 3.77. The van der Waals surface area contributed by atoms with E-state index in [4.69, 9.17) is 0 Å². The molecule has 0 saturated carbocycles. The lowest BCUT2D eigenvalue weighted by Gasteiger charge is -2.19. The highest BCUT2D eigenvalue weighted by Crippen LogP contribution is 2.10. The van der Waals surface area contributed by atoms with Crippen LogP contribution in [0.4, 0.5) is 0 Å². The fourth-order valence-corrected chi connectivity index (χ4v) is 3.01. The van der Waals surface area contributed by atoms with Crippen LogP contribution < -0.4 is 5.32 Å². The summed E-state index contributed by atoms with van der Waals surface area (Å²) in [7, 11) is 0. The van der Waals surface area contributed by atoms with E-state index >= 15 is 0 Å². The lowest BCUT2D eigenvalue weighted by molar-refractivity contribution is 0.0953. The van der Waals surface area contributed by atoms with Crippen molar-refractivity contribution >= 4 is 5.91 Å². The minimum absolute atomic E-state index is 0.0486. The Bertz CT molecular complexity index is 433. The van der Waals surface area contributed by atoms with Gasteiger partial charge in [0.2, 0.25) is 0 Å². The van der Waals surface area contributed by atoms with Gasteiger partial charge in [0.05, 0.1) is 0 Å². The molecular formula is C19H30N2O. The highest BCUT2D eigenvalue weighted by Gasteiger charge is 2.08. The Morgan fingerprint density at radius 1 is 1.00 bits per heavy atom. The lowest BCUT2D eigenvalue weighted by Crippen LogP contribution is -2.26. The van der Waals surface area contributed by atoms with Gasteiger partial charge in [0.15, 0.2) is 0 Å². The Labute approximate surface area is 135 Å². The van der Waals surface area contributed by atoms with Crippen molar-refractivity contribution in [3.8, 4) is 0 Å². The van der Waals surface area contributed by atoms with Gasteiger partial charge < -0.3 is 10.2 Å². The second kappa shape index (κ2) is 9.62. The van der Waals surface area contributed by atoms with Crippen molar-refractivity contribution in [2.75, 3.05) is 26.2 Å². The number of unbranched alkanes of at least 4 members (excludes halogenated alkanes) is 2. The number of hydrogen-bond acceptors (Lipinski definition) is 2. The first-order chi connectivity index (χ1) is 10.8. The summed E-state index contributed by atoms with van der Waals surface area (Å²) in [4.78, 5) is 14.6. The van der Waals surface area contributed by atoms with E-state index < -0.39 is 0 Å². The Hall–Kier alpha value is -1.35. The molecule has 1 heterocycles. The molecule has 3 heteroatoms. The van der Waals surface area contributed by atoms with E-state index in [9.17, 15) is 4.79 Å². The first kappa shape index (κ1) is 17.0. The standard InChI is InChI=1S/C19H30N2O/c1-17-9-11-18(12-10-17)19(22)20-13-5-4-8-16-21-14-6-2-3-7-15-21/h9-12H,2-8,13-16H2,1H3,(H,20,22). The van der Waals surface area contributed by atoms with E-state index in [-0.39, 0.29) is 5.91 Å². The third kappa shape index (κ3) is 6.18. The molecule has 1 N–H and O–H groups in total. The molecule has 1 aliphatic heterocycles. The fourth-order valence-electron chi connectivity index (χ4n) is 3.01. The highest BCUT2D eigenvalue weighted by atomic mass is 16.1. The van der Waals surface area contributed by atoms with Crippen LogP contribution in [0.15, 0.2) is 24.3 Å². The number of carbonyl (C=O) groups is 1. The van der Waals surface area contributed by atoms with Crippen LogP contribution in [-0.4, -0.2) is 37.0 Å². The fraction of sp³-hybridized carbons (Fsp3) is 0.632. The van der Waals surface area contributed by atoms with Gasteiger partial charge in [-0.25, -0.2) is 0 Å². The molecule has 0 aromatic heterocycles. The second-order valence-corrected chi connectivity index (χ2v) is 6.44. The molecule has 1 aliphatic rings. The molecule has 0 unspecified atom stereocenters. The number of carbonyl (C=O) groups excluding carboxylic acids is 1. The van der Waals surface area contributed by atoms with Crippen molar-refractivity contribution in [3.05, 3.63) is 35.4 Å². The Morgan fingerprint density at radius 3 is 2.36 bits per heavy atom. The number of aryl methyl sites for hydroxylation is 1. The summed E-state index contributed by atoms with van der Waals surface area (Å²) >= 11 is 0. The maximum absolute atomic E-state index is 12.0. The third-order valence-electron chi connectivity index (χ3n) is 4.45. The summed E-state index contributed by atoms with van der Waals surface area (Å²) in [6.45, 7) is 6.61. The molecule has 0 atom stereocenters. The molecule has 0 aliphatic carbocycles. The van der Waals surface area contributed by atoms with Gasteiger partial charge in [-0.15, -0.1) is 0 Å². The van der Waals surface area contributed by atoms with Crippen LogP contribution in [0, 0.1) is 6.92 Å². The number of rotatable bonds is 7. The molecule has 1 aromatic carbocycles. The van der Waals surface area contributed by atoms with Gasteiger partial charge in [0, 0.05) is 12.1 Å². The van der Waals surface area contributed by atoms with Gasteiger partial charge in [-0.2, -0.15) is 0 Å². The number of benzene rings is 1. The predicted molar refractivity (Wildman–Crippen MR) is 92.3 cm³/mol. The smallest absolute Gasteiger partial charge is 0.251 e. The summed E-state index contributed by atoms with van der Waals surface area (Å²) in [6.07, 6.45) is 9.07. The van der Waals surface area contributed by atoms with Crippen LogP contribution in [0.2, 0.25) is 0 Å². The minimum Gasteiger partial charge on any atom is -0.352 e. The van der Waals surface area contributed by atoms with E-state index in [0.717, 1.165) is 18.5 Å². The van der Waals surface area contributed by atoms with Gasteiger partial charge in [0.1, 0.15) is 0 Å². The molecule has 1 fully saturated rings. The van der Waals surface area contributed by atoms with Crippen molar-refractivity contribution in [2.24, 2.45) is 0 Å². The van der Waals surface area contributed by atoms with Crippen molar-refractivity contribution < 1.29 is 4.79 Å². The van der Waals surface area contributed by atoms with Crippen molar-refractivity contribution in [2.45, 2.75) is 51.9 Å². The average Bonchev–Trinajstić information content (AvgIpc) is 2.80. The largest absolute Gasteiger partial charge is 0.352 e. The number of nitrogens with one attached hydrogen (secondary N) is 1. The van der Waals surface area contributed by atoms with Crippen LogP contribution in [0.25, 0.3) is 0 Å². The molecule has 0 radical (unpaired) electrons. The quantitative estimate of drug-likeness (QED) is 0.778. The maximum atomic E-state index is 12.0. The van der Waals surface area contributed by atoms with Gasteiger partial charge in [-0.1, -0.05) is 37.0 Å². The van der Waals surface area contributed by atoms with E-state index in [1.807, 2.05) is 31.2 Å². The molecule has 2 rings (SSSR count). The van der Waals surface area contributed by atoms with Gasteiger partial charge in [-0.3, -0.25) is 4.79 Å². The summed E-state index contributed by atoms with van der Waals surface area (Å²) in [5, 5.41) is 3.01. The normalized spacial score (nSPS) is 16.2. The molecule has 1 aromatic rings. The topological polar surface area (TPSA) is 32.3 Å². The average molecular weight is 302 g/mol. The third-order valence-corrected chi connectivity index (χ3v) is 4.45. The van der Waals surface area contributed by atoms with Crippen molar-refractivity contribution in [3.63, 3.8) is 0 Å². The molecule has 1 saturated heterocycles. The Kier molecular flexibility index (Phi) is 7.44. The van der Waals surface area contributed by atoms with Crippen molar-refractivity contribution in [1.82, 2.24) is 10.2 Å². The van der Waals surface area contributed by atoms with Gasteiger partial charge in [-0.05, 0) is 64.4 Å². The summed E-state index contributed by atoms with van der Waals surface area (Å²) in [6, 6.07) is 7.75. The van der Waals surface area contributed by atoms with E-state index in [0.29, 0.717) is 0 Å². The molecular weight excluding hydrogens is 272 g/mol. The highest BCUT2D eigenvalue weighted by molar-refractivity contribution is 5.94. The van der Waals surface area contributed by atoms with Gasteiger partial charge >= 0.3 is 0 Å². The van der Waals surface area contributed by atoms with Crippen LogP contribution in [0.3, 0.4) is 0 Å². The SMILES string of the molecule is Cc1ccc(C(=O)NCCCCCN2CCCCCC2)cc1. The summed E-state index contributed by atoms with van der Waals surface area (Å²) in [5.41, 5.74) is 1.94. The number of hydrogen-bond donors (Lipinski definition) is 1. The van der Waals surface area contributed by atoms with E-state index in [2.05, 4.69) is 10.2 Å². The monoisotopic (exact) mass is 302 g/mol. The van der Waals surface area contributed by atoms with Gasteiger partial charge in [0.25, 0.3) is 5.91 Å². The molecule has 0 bridgehead atoms. The zero-order chi connectivity index (χ0) is 15.6.